The van der Waals surface area contributed by atoms with Crippen molar-refractivity contribution in [2.45, 2.75) is 18.0 Å². The van der Waals surface area contributed by atoms with E-state index in [1.807, 2.05) is 6.07 Å². The van der Waals surface area contributed by atoms with E-state index in [0.717, 1.165) is 30.8 Å². The third-order valence-corrected chi connectivity index (χ3v) is 2.80. The van der Waals surface area contributed by atoms with Gasteiger partial charge in [0.15, 0.2) is 0 Å². The van der Waals surface area contributed by atoms with E-state index in [-0.39, 0.29) is 0 Å². The molecule has 3 nitrogen and oxygen atoms in total. The van der Waals surface area contributed by atoms with E-state index in [1.165, 1.54) is 0 Å². The zero-order valence-corrected chi connectivity index (χ0v) is 8.88. The molecule has 14 heavy (non-hydrogen) atoms. The molecule has 2 heterocycles. The Labute approximate surface area is 88.8 Å². The Hall–Kier alpha value is -1.05. The minimum atomic E-state index is 0.552. The zero-order chi connectivity index (χ0) is 10.1. The SMILES string of the molecule is CN1CCc2nc(S)c(C#N)cc2C1. The number of fused-ring (bicyclic) bond motifs is 1. The van der Waals surface area contributed by atoms with Gasteiger partial charge in [-0.1, -0.05) is 0 Å². The number of aromatic nitrogens is 1. The number of hydrogen-bond donors (Lipinski definition) is 1. The van der Waals surface area contributed by atoms with Gasteiger partial charge in [-0.05, 0) is 18.7 Å². The summed E-state index contributed by atoms with van der Waals surface area (Å²) in [5.41, 5.74) is 2.82. The lowest BCUT2D eigenvalue weighted by molar-refractivity contribution is 0.309. The van der Waals surface area contributed by atoms with Crippen molar-refractivity contribution in [1.29, 1.82) is 5.26 Å². The molecule has 0 saturated carbocycles. The van der Waals surface area contributed by atoms with Gasteiger partial charge in [0.2, 0.25) is 0 Å². The molecule has 0 amide bonds. The van der Waals surface area contributed by atoms with E-state index < -0.39 is 0 Å². The molecule has 1 aliphatic rings. The topological polar surface area (TPSA) is 39.9 Å². The standard InChI is InChI=1S/C10H11N3S/c1-13-3-2-9-8(6-13)4-7(5-11)10(14)12-9/h4H,2-3,6H2,1H3,(H,12,14). The van der Waals surface area contributed by atoms with Crippen molar-refractivity contribution in [3.8, 4) is 6.07 Å². The average molecular weight is 205 g/mol. The van der Waals surface area contributed by atoms with Gasteiger partial charge in [0.05, 0.1) is 5.56 Å². The van der Waals surface area contributed by atoms with E-state index in [2.05, 4.69) is 35.6 Å². The van der Waals surface area contributed by atoms with E-state index in [1.54, 1.807) is 0 Å². The van der Waals surface area contributed by atoms with Crippen molar-refractivity contribution in [3.05, 3.63) is 22.9 Å². The minimum Gasteiger partial charge on any atom is -0.302 e. The molecule has 0 aliphatic carbocycles. The number of likely N-dealkylation sites (N-methyl/N-ethyl adjacent to an activating group) is 1. The van der Waals surface area contributed by atoms with E-state index in [9.17, 15) is 0 Å². The molecule has 4 heteroatoms. The average Bonchev–Trinajstić information content (AvgIpc) is 2.17. The molecule has 0 radical (unpaired) electrons. The molecule has 2 rings (SSSR count). The van der Waals surface area contributed by atoms with Crippen LogP contribution in [-0.4, -0.2) is 23.5 Å². The van der Waals surface area contributed by atoms with E-state index >= 15 is 0 Å². The van der Waals surface area contributed by atoms with Gasteiger partial charge in [-0.2, -0.15) is 5.26 Å². The van der Waals surface area contributed by atoms with Gasteiger partial charge in [0, 0.05) is 25.2 Å². The highest BCUT2D eigenvalue weighted by Gasteiger charge is 2.16. The fourth-order valence-electron chi connectivity index (χ4n) is 1.68. The highest BCUT2D eigenvalue weighted by molar-refractivity contribution is 7.80. The summed E-state index contributed by atoms with van der Waals surface area (Å²) >= 11 is 4.19. The first-order valence-corrected chi connectivity index (χ1v) is 4.96. The molecule has 0 unspecified atom stereocenters. The van der Waals surface area contributed by atoms with Crippen molar-refractivity contribution < 1.29 is 0 Å². The maximum Gasteiger partial charge on any atom is 0.111 e. The Morgan fingerprint density at radius 2 is 2.43 bits per heavy atom. The first kappa shape index (κ1) is 9.50. The second kappa shape index (κ2) is 3.60. The normalized spacial score (nSPS) is 16.1. The third kappa shape index (κ3) is 1.61. The number of pyridine rings is 1. The lowest BCUT2D eigenvalue weighted by Gasteiger charge is -2.24. The molecule has 1 aromatic rings. The van der Waals surface area contributed by atoms with Crippen LogP contribution in [0.4, 0.5) is 0 Å². The Morgan fingerprint density at radius 1 is 1.64 bits per heavy atom. The van der Waals surface area contributed by atoms with Crippen molar-refractivity contribution in [2.24, 2.45) is 0 Å². The van der Waals surface area contributed by atoms with Gasteiger partial charge in [0.25, 0.3) is 0 Å². The lowest BCUT2D eigenvalue weighted by Crippen LogP contribution is -2.27. The van der Waals surface area contributed by atoms with Crippen LogP contribution in [0.15, 0.2) is 11.1 Å². The molecular formula is C10H11N3S. The molecule has 0 atom stereocenters. The van der Waals surface area contributed by atoms with Crippen LogP contribution in [0.25, 0.3) is 0 Å². The highest BCUT2D eigenvalue weighted by Crippen LogP contribution is 2.20. The molecule has 0 spiro atoms. The molecule has 72 valence electrons. The van der Waals surface area contributed by atoms with Crippen molar-refractivity contribution >= 4 is 12.6 Å². The maximum absolute atomic E-state index is 8.83. The summed E-state index contributed by atoms with van der Waals surface area (Å²) < 4.78 is 0. The van der Waals surface area contributed by atoms with Crippen LogP contribution in [-0.2, 0) is 13.0 Å². The van der Waals surface area contributed by atoms with Gasteiger partial charge in [-0.25, -0.2) is 4.98 Å². The number of thiol groups is 1. The largest absolute Gasteiger partial charge is 0.302 e. The molecule has 0 aromatic carbocycles. The Morgan fingerprint density at radius 3 is 3.14 bits per heavy atom. The fraction of sp³-hybridized carbons (Fsp3) is 0.400. The van der Waals surface area contributed by atoms with Crippen LogP contribution in [0.1, 0.15) is 16.8 Å². The summed E-state index contributed by atoms with van der Waals surface area (Å²) in [7, 11) is 2.07. The van der Waals surface area contributed by atoms with Crippen LogP contribution >= 0.6 is 12.6 Å². The van der Waals surface area contributed by atoms with Gasteiger partial charge < -0.3 is 4.90 Å². The maximum atomic E-state index is 8.83. The molecule has 0 N–H and O–H groups in total. The van der Waals surface area contributed by atoms with Crippen LogP contribution in [0.3, 0.4) is 0 Å². The second-order valence-electron chi connectivity index (χ2n) is 3.56. The molecule has 0 fully saturated rings. The van der Waals surface area contributed by atoms with Gasteiger partial charge in [-0.15, -0.1) is 12.6 Å². The Kier molecular flexibility index (Phi) is 2.44. The zero-order valence-electron chi connectivity index (χ0n) is 7.99. The minimum absolute atomic E-state index is 0.552. The van der Waals surface area contributed by atoms with Crippen LogP contribution in [0.5, 0.6) is 0 Å². The smallest absolute Gasteiger partial charge is 0.111 e. The quantitative estimate of drug-likeness (QED) is 0.648. The number of nitriles is 1. The molecular weight excluding hydrogens is 194 g/mol. The van der Waals surface area contributed by atoms with Crippen molar-refractivity contribution in [1.82, 2.24) is 9.88 Å². The van der Waals surface area contributed by atoms with Crippen molar-refractivity contribution in [2.75, 3.05) is 13.6 Å². The summed E-state index contributed by atoms with van der Waals surface area (Å²) in [5.74, 6) is 0. The third-order valence-electron chi connectivity index (χ3n) is 2.46. The highest BCUT2D eigenvalue weighted by atomic mass is 32.1. The van der Waals surface area contributed by atoms with Crippen LogP contribution < -0.4 is 0 Å². The monoisotopic (exact) mass is 205 g/mol. The molecule has 0 saturated heterocycles. The predicted molar refractivity (Wildman–Crippen MR) is 56.2 cm³/mol. The summed E-state index contributed by atoms with van der Waals surface area (Å²) in [4.78, 5) is 6.56. The van der Waals surface area contributed by atoms with Crippen LogP contribution in [0, 0.1) is 11.3 Å². The lowest BCUT2D eigenvalue weighted by atomic mass is 10.0. The number of nitrogens with zero attached hydrogens (tertiary/aromatic N) is 3. The van der Waals surface area contributed by atoms with E-state index in [4.69, 9.17) is 5.26 Å². The number of hydrogen-bond acceptors (Lipinski definition) is 4. The predicted octanol–water partition coefficient (Wildman–Crippen LogP) is 1.23. The number of rotatable bonds is 0. The Balaban J connectivity index is 2.47. The summed E-state index contributed by atoms with van der Waals surface area (Å²) in [6.45, 7) is 1.91. The first-order valence-electron chi connectivity index (χ1n) is 4.51. The molecule has 1 aliphatic heterocycles. The van der Waals surface area contributed by atoms with Crippen LogP contribution in [0.2, 0.25) is 0 Å². The van der Waals surface area contributed by atoms with Gasteiger partial charge in [-0.3, -0.25) is 0 Å². The van der Waals surface area contributed by atoms with Gasteiger partial charge in [0.1, 0.15) is 11.1 Å². The Bertz CT molecular complexity index is 409. The first-order chi connectivity index (χ1) is 6.70. The van der Waals surface area contributed by atoms with E-state index in [0.29, 0.717) is 10.6 Å². The fourth-order valence-corrected chi connectivity index (χ4v) is 1.92. The summed E-state index contributed by atoms with van der Waals surface area (Å²) in [6.07, 6.45) is 0.950. The summed E-state index contributed by atoms with van der Waals surface area (Å²) in [6, 6.07) is 4.01. The van der Waals surface area contributed by atoms with Crippen molar-refractivity contribution in [3.63, 3.8) is 0 Å². The summed E-state index contributed by atoms with van der Waals surface area (Å²) in [5, 5.41) is 9.39. The molecule has 1 aromatic heterocycles. The second-order valence-corrected chi connectivity index (χ2v) is 3.99. The molecule has 0 bridgehead atoms. The van der Waals surface area contributed by atoms with Gasteiger partial charge >= 0.3 is 0 Å².